The maximum absolute atomic E-state index is 12.4. The SMILES string of the molecule is COc1ccc(C(=O)O)cc1S(=O)(=O)NC1CCOC1C. The zero-order chi connectivity index (χ0) is 15.6. The molecule has 7 nitrogen and oxygen atoms in total. The van der Waals surface area contributed by atoms with Crippen molar-refractivity contribution in [2.45, 2.75) is 30.4 Å². The van der Waals surface area contributed by atoms with Crippen LogP contribution in [-0.2, 0) is 14.8 Å². The van der Waals surface area contributed by atoms with Crippen LogP contribution in [0.15, 0.2) is 23.1 Å². The van der Waals surface area contributed by atoms with Crippen molar-refractivity contribution >= 4 is 16.0 Å². The Bertz CT molecular complexity index is 642. The molecule has 2 N–H and O–H groups in total. The first-order valence-corrected chi connectivity index (χ1v) is 7.88. The number of aromatic carboxylic acids is 1. The second-order valence-electron chi connectivity index (χ2n) is 4.76. The minimum absolute atomic E-state index is 0.0964. The molecule has 0 spiro atoms. The molecule has 116 valence electrons. The standard InChI is InChI=1S/C13H17NO6S/c1-8-10(5-6-20-8)14-21(17,18)12-7-9(13(15)16)3-4-11(12)19-2/h3-4,7-8,10,14H,5-6H2,1-2H3,(H,15,16). The summed E-state index contributed by atoms with van der Waals surface area (Å²) in [7, 11) is -2.56. The van der Waals surface area contributed by atoms with Crippen molar-refractivity contribution < 1.29 is 27.8 Å². The highest BCUT2D eigenvalue weighted by molar-refractivity contribution is 7.89. The first-order chi connectivity index (χ1) is 9.85. The number of carboxylic acids is 1. The molecule has 0 bridgehead atoms. The molecule has 1 fully saturated rings. The van der Waals surface area contributed by atoms with Crippen molar-refractivity contribution in [3.8, 4) is 5.75 Å². The molecule has 0 radical (unpaired) electrons. The summed E-state index contributed by atoms with van der Waals surface area (Å²) in [5, 5.41) is 8.99. The number of ether oxygens (including phenoxy) is 2. The van der Waals surface area contributed by atoms with Gasteiger partial charge in [0.25, 0.3) is 0 Å². The van der Waals surface area contributed by atoms with Crippen LogP contribution in [0.5, 0.6) is 5.75 Å². The summed E-state index contributed by atoms with van der Waals surface area (Å²) < 4.78 is 37.8. The van der Waals surface area contributed by atoms with E-state index >= 15 is 0 Å². The lowest BCUT2D eigenvalue weighted by atomic mass is 10.2. The zero-order valence-electron chi connectivity index (χ0n) is 11.7. The van der Waals surface area contributed by atoms with Gasteiger partial charge in [0.1, 0.15) is 10.6 Å². The third-order valence-corrected chi connectivity index (χ3v) is 4.89. The maximum atomic E-state index is 12.4. The Hall–Kier alpha value is -1.64. The smallest absolute Gasteiger partial charge is 0.335 e. The first-order valence-electron chi connectivity index (χ1n) is 6.40. The van der Waals surface area contributed by atoms with Gasteiger partial charge >= 0.3 is 5.97 Å². The summed E-state index contributed by atoms with van der Waals surface area (Å²) in [4.78, 5) is 10.8. The Balaban J connectivity index is 2.38. The molecule has 21 heavy (non-hydrogen) atoms. The van der Waals surface area contributed by atoms with Gasteiger partial charge in [-0.1, -0.05) is 0 Å². The molecule has 1 saturated heterocycles. The molecule has 2 unspecified atom stereocenters. The van der Waals surface area contributed by atoms with Crippen molar-refractivity contribution in [3.63, 3.8) is 0 Å². The van der Waals surface area contributed by atoms with E-state index in [9.17, 15) is 13.2 Å². The third-order valence-electron chi connectivity index (χ3n) is 3.38. The van der Waals surface area contributed by atoms with E-state index in [4.69, 9.17) is 14.6 Å². The van der Waals surface area contributed by atoms with Crippen LogP contribution >= 0.6 is 0 Å². The van der Waals surface area contributed by atoms with E-state index in [1.807, 2.05) is 0 Å². The molecule has 1 aromatic rings. The van der Waals surface area contributed by atoms with Crippen LogP contribution < -0.4 is 9.46 Å². The molecule has 1 aromatic carbocycles. The number of hydrogen-bond acceptors (Lipinski definition) is 5. The number of benzene rings is 1. The lowest BCUT2D eigenvalue weighted by Crippen LogP contribution is -2.39. The van der Waals surface area contributed by atoms with Gasteiger partial charge in [-0.2, -0.15) is 0 Å². The molecule has 0 amide bonds. The molecule has 1 aliphatic heterocycles. The minimum Gasteiger partial charge on any atom is -0.495 e. The predicted molar refractivity (Wildman–Crippen MR) is 74.1 cm³/mol. The maximum Gasteiger partial charge on any atom is 0.335 e. The van der Waals surface area contributed by atoms with E-state index < -0.39 is 16.0 Å². The molecule has 2 atom stereocenters. The van der Waals surface area contributed by atoms with Crippen molar-refractivity contribution in [1.29, 1.82) is 0 Å². The van der Waals surface area contributed by atoms with Crippen molar-refractivity contribution in [2.75, 3.05) is 13.7 Å². The van der Waals surface area contributed by atoms with Crippen LogP contribution in [0.25, 0.3) is 0 Å². The molecule has 1 heterocycles. The zero-order valence-corrected chi connectivity index (χ0v) is 12.5. The molecule has 2 rings (SSSR count). The fraction of sp³-hybridized carbons (Fsp3) is 0.462. The Morgan fingerprint density at radius 3 is 2.71 bits per heavy atom. The van der Waals surface area contributed by atoms with E-state index in [0.717, 1.165) is 6.07 Å². The molecule has 1 aliphatic rings. The van der Waals surface area contributed by atoms with Crippen LogP contribution in [0.4, 0.5) is 0 Å². The number of rotatable bonds is 5. The Morgan fingerprint density at radius 2 is 2.19 bits per heavy atom. The van der Waals surface area contributed by atoms with Crippen LogP contribution in [0.3, 0.4) is 0 Å². The molecular weight excluding hydrogens is 298 g/mol. The largest absolute Gasteiger partial charge is 0.495 e. The van der Waals surface area contributed by atoms with Crippen LogP contribution in [-0.4, -0.2) is 45.4 Å². The summed E-state index contributed by atoms with van der Waals surface area (Å²) in [6.45, 7) is 2.27. The number of nitrogens with one attached hydrogen (secondary N) is 1. The molecule has 0 aromatic heterocycles. The molecular formula is C13H17NO6S. The molecule has 0 saturated carbocycles. The van der Waals surface area contributed by atoms with Gasteiger partial charge in [0.2, 0.25) is 10.0 Å². The Kier molecular flexibility index (Phi) is 4.50. The van der Waals surface area contributed by atoms with Crippen LogP contribution in [0.1, 0.15) is 23.7 Å². The van der Waals surface area contributed by atoms with Gasteiger partial charge in [-0.3, -0.25) is 0 Å². The number of carboxylic acid groups (broad SMARTS) is 1. The quantitative estimate of drug-likeness (QED) is 0.835. The number of methoxy groups -OCH3 is 1. The average molecular weight is 315 g/mol. The molecule has 0 aliphatic carbocycles. The van der Waals surface area contributed by atoms with Gasteiger partial charge in [-0.15, -0.1) is 0 Å². The number of sulfonamides is 1. The second kappa shape index (κ2) is 6.00. The summed E-state index contributed by atoms with van der Waals surface area (Å²) in [5.41, 5.74) is -0.119. The lowest BCUT2D eigenvalue weighted by molar-refractivity contribution is 0.0696. The van der Waals surface area contributed by atoms with Gasteiger partial charge in [-0.25, -0.2) is 17.9 Å². The minimum atomic E-state index is -3.89. The van der Waals surface area contributed by atoms with Gasteiger partial charge in [0, 0.05) is 6.61 Å². The third kappa shape index (κ3) is 3.34. The summed E-state index contributed by atoms with van der Waals surface area (Å²) in [6.07, 6.45) is 0.342. The van der Waals surface area contributed by atoms with Crippen LogP contribution in [0, 0.1) is 0 Å². The fourth-order valence-corrected chi connectivity index (χ4v) is 3.70. The van der Waals surface area contributed by atoms with Crippen molar-refractivity contribution in [2.24, 2.45) is 0 Å². The van der Waals surface area contributed by atoms with Gasteiger partial charge < -0.3 is 14.6 Å². The monoisotopic (exact) mass is 315 g/mol. The van der Waals surface area contributed by atoms with E-state index in [0.29, 0.717) is 13.0 Å². The topological polar surface area (TPSA) is 102 Å². The summed E-state index contributed by atoms with van der Waals surface area (Å²) >= 11 is 0. The van der Waals surface area contributed by atoms with E-state index in [1.165, 1.54) is 19.2 Å². The summed E-state index contributed by atoms with van der Waals surface area (Å²) in [5.74, 6) is -1.11. The Labute approximate surface area is 122 Å². The first kappa shape index (κ1) is 15.7. The van der Waals surface area contributed by atoms with Crippen molar-refractivity contribution in [1.82, 2.24) is 4.72 Å². The van der Waals surface area contributed by atoms with Crippen molar-refractivity contribution in [3.05, 3.63) is 23.8 Å². The second-order valence-corrected chi connectivity index (χ2v) is 6.45. The lowest BCUT2D eigenvalue weighted by Gasteiger charge is -2.17. The highest BCUT2D eigenvalue weighted by Crippen LogP contribution is 2.26. The fourth-order valence-electron chi connectivity index (χ4n) is 2.17. The number of carbonyl (C=O) groups is 1. The normalized spacial score (nSPS) is 22.2. The highest BCUT2D eigenvalue weighted by Gasteiger charge is 2.31. The Morgan fingerprint density at radius 1 is 1.48 bits per heavy atom. The number of hydrogen-bond donors (Lipinski definition) is 2. The average Bonchev–Trinajstić information content (AvgIpc) is 2.82. The van der Waals surface area contributed by atoms with E-state index in [1.54, 1.807) is 6.92 Å². The molecule has 8 heteroatoms. The van der Waals surface area contributed by atoms with Gasteiger partial charge in [0.15, 0.2) is 0 Å². The van der Waals surface area contributed by atoms with E-state index in [2.05, 4.69) is 4.72 Å². The van der Waals surface area contributed by atoms with Gasteiger partial charge in [0.05, 0.1) is 24.8 Å². The van der Waals surface area contributed by atoms with Gasteiger partial charge in [-0.05, 0) is 31.5 Å². The predicted octanol–water partition coefficient (Wildman–Crippen LogP) is 0.849. The van der Waals surface area contributed by atoms with Crippen LogP contribution in [0.2, 0.25) is 0 Å². The van der Waals surface area contributed by atoms with E-state index in [-0.39, 0.29) is 28.4 Å². The highest BCUT2D eigenvalue weighted by atomic mass is 32.2. The summed E-state index contributed by atoms with van der Waals surface area (Å²) in [6, 6.07) is 3.37.